The summed E-state index contributed by atoms with van der Waals surface area (Å²) in [4.78, 5) is 27.8. The summed E-state index contributed by atoms with van der Waals surface area (Å²) < 4.78 is 47.7. The van der Waals surface area contributed by atoms with Crippen molar-refractivity contribution in [1.29, 1.82) is 0 Å². The highest BCUT2D eigenvalue weighted by atomic mass is 32.2. The maximum Gasteiger partial charge on any atom is 0.264 e. The van der Waals surface area contributed by atoms with Gasteiger partial charge in [-0.15, -0.1) is 0 Å². The molecule has 3 rings (SSSR count). The normalized spacial score (nSPS) is 11.9. The van der Waals surface area contributed by atoms with Crippen molar-refractivity contribution in [2.24, 2.45) is 0 Å². The van der Waals surface area contributed by atoms with Crippen molar-refractivity contribution in [3.63, 3.8) is 0 Å². The number of rotatable bonds is 12. The Bertz CT molecular complexity index is 1380. The van der Waals surface area contributed by atoms with Crippen molar-refractivity contribution in [1.82, 2.24) is 10.2 Å². The highest BCUT2D eigenvalue weighted by Gasteiger charge is 2.32. The Morgan fingerprint density at radius 2 is 1.67 bits per heavy atom. The summed E-state index contributed by atoms with van der Waals surface area (Å²) in [6, 6.07) is 17.3. The molecule has 0 aliphatic heterocycles. The van der Waals surface area contributed by atoms with Crippen LogP contribution in [0.4, 0.5) is 10.1 Å². The van der Waals surface area contributed by atoms with E-state index in [2.05, 4.69) is 5.32 Å². The van der Waals surface area contributed by atoms with E-state index in [9.17, 15) is 22.4 Å². The second-order valence-corrected chi connectivity index (χ2v) is 10.8. The summed E-state index contributed by atoms with van der Waals surface area (Å²) in [5, 5.41) is 2.72. The molecule has 10 heteroatoms. The van der Waals surface area contributed by atoms with E-state index in [1.165, 1.54) is 41.3 Å². The summed E-state index contributed by atoms with van der Waals surface area (Å²) in [6.07, 6.45) is 0. The van der Waals surface area contributed by atoms with Crippen LogP contribution in [0.2, 0.25) is 0 Å². The van der Waals surface area contributed by atoms with E-state index >= 15 is 0 Å². The van der Waals surface area contributed by atoms with Crippen LogP contribution in [0.5, 0.6) is 5.75 Å². The molecule has 0 unspecified atom stereocenters. The summed E-state index contributed by atoms with van der Waals surface area (Å²) >= 11 is 0. The number of halogens is 1. The first-order valence-electron chi connectivity index (χ1n) is 12.7. The molecule has 8 nitrogen and oxygen atoms in total. The number of anilines is 1. The number of carbonyl (C=O) groups is 2. The number of nitrogens with one attached hydrogen (secondary N) is 1. The fourth-order valence-corrected chi connectivity index (χ4v) is 5.46. The maximum atomic E-state index is 13.8. The van der Waals surface area contributed by atoms with E-state index in [4.69, 9.17) is 4.74 Å². The molecule has 39 heavy (non-hydrogen) atoms. The van der Waals surface area contributed by atoms with E-state index in [0.29, 0.717) is 18.9 Å². The zero-order valence-electron chi connectivity index (χ0n) is 22.6. The lowest BCUT2D eigenvalue weighted by Gasteiger charge is -2.32. The van der Waals surface area contributed by atoms with E-state index in [1.54, 1.807) is 13.8 Å². The summed E-state index contributed by atoms with van der Waals surface area (Å²) in [5.41, 5.74) is 1.89. The predicted molar refractivity (Wildman–Crippen MR) is 148 cm³/mol. The molecule has 3 aromatic rings. The number of nitrogens with zero attached hydrogens (tertiary/aromatic N) is 2. The van der Waals surface area contributed by atoms with E-state index in [-0.39, 0.29) is 23.0 Å². The Labute approximate surface area is 229 Å². The molecule has 0 radical (unpaired) electrons. The smallest absolute Gasteiger partial charge is 0.264 e. The number of ether oxygens (including phenoxy) is 1. The third kappa shape index (κ3) is 7.57. The molecule has 0 saturated heterocycles. The van der Waals surface area contributed by atoms with Crippen LogP contribution in [-0.2, 0) is 26.2 Å². The Kier molecular flexibility index (Phi) is 10.1. The van der Waals surface area contributed by atoms with Crippen LogP contribution in [0.25, 0.3) is 0 Å². The third-order valence-electron chi connectivity index (χ3n) is 6.07. The fraction of sp³-hybridized carbons (Fsp3) is 0.310. The van der Waals surface area contributed by atoms with Gasteiger partial charge in [-0.2, -0.15) is 0 Å². The number of hydrogen-bond acceptors (Lipinski definition) is 5. The van der Waals surface area contributed by atoms with Crippen LogP contribution in [0.15, 0.2) is 77.7 Å². The second-order valence-electron chi connectivity index (χ2n) is 8.97. The first-order chi connectivity index (χ1) is 18.6. The van der Waals surface area contributed by atoms with Gasteiger partial charge >= 0.3 is 0 Å². The minimum absolute atomic E-state index is 0.0647. The Balaban J connectivity index is 2.01. The Morgan fingerprint density at radius 1 is 1.00 bits per heavy atom. The van der Waals surface area contributed by atoms with Gasteiger partial charge in [-0.05, 0) is 81.8 Å². The topological polar surface area (TPSA) is 96.0 Å². The monoisotopic (exact) mass is 555 g/mol. The van der Waals surface area contributed by atoms with Crippen molar-refractivity contribution in [2.45, 2.75) is 45.2 Å². The standard InChI is InChI=1S/C29H34FN3O5S/c1-5-31-29(35)22(4)32(19-23-9-7-8-21(3)18-23)28(34)20-33(25-12-10-24(30)11-13-25)39(36,37)27-16-14-26(15-17-27)38-6-2/h7-18,22H,5-6,19-20H2,1-4H3,(H,31,35)/t22-/m1/s1. The lowest BCUT2D eigenvalue weighted by Crippen LogP contribution is -2.51. The zero-order chi connectivity index (χ0) is 28.6. The van der Waals surface area contributed by atoms with Gasteiger partial charge in [-0.1, -0.05) is 29.8 Å². The molecule has 0 saturated carbocycles. The quantitative estimate of drug-likeness (QED) is 0.360. The molecule has 3 aromatic carbocycles. The van der Waals surface area contributed by atoms with Crippen molar-refractivity contribution in [3.05, 3.63) is 89.7 Å². The molecule has 0 aliphatic rings. The molecule has 0 aromatic heterocycles. The predicted octanol–water partition coefficient (Wildman–Crippen LogP) is 4.28. The average Bonchev–Trinajstić information content (AvgIpc) is 2.91. The molecule has 1 atom stereocenters. The van der Waals surface area contributed by atoms with Gasteiger partial charge in [0.1, 0.15) is 24.2 Å². The minimum atomic E-state index is -4.26. The van der Waals surface area contributed by atoms with E-state index < -0.39 is 34.3 Å². The summed E-state index contributed by atoms with van der Waals surface area (Å²) in [5.74, 6) is -0.995. The molecule has 0 spiro atoms. The average molecular weight is 556 g/mol. The lowest BCUT2D eigenvalue weighted by atomic mass is 10.1. The van der Waals surface area contributed by atoms with Crippen LogP contribution >= 0.6 is 0 Å². The zero-order valence-corrected chi connectivity index (χ0v) is 23.4. The van der Waals surface area contributed by atoms with Gasteiger partial charge in [0.05, 0.1) is 17.2 Å². The van der Waals surface area contributed by atoms with Crippen LogP contribution in [0.3, 0.4) is 0 Å². The molecular formula is C29H34FN3O5S. The van der Waals surface area contributed by atoms with Crippen molar-refractivity contribution in [2.75, 3.05) is 24.0 Å². The van der Waals surface area contributed by atoms with Crippen LogP contribution < -0.4 is 14.4 Å². The van der Waals surface area contributed by atoms with Crippen molar-refractivity contribution >= 4 is 27.5 Å². The SMILES string of the molecule is CCNC(=O)[C@@H](C)N(Cc1cccc(C)c1)C(=O)CN(c1ccc(F)cc1)S(=O)(=O)c1ccc(OCC)cc1. The second kappa shape index (κ2) is 13.2. The molecule has 1 N–H and O–H groups in total. The first kappa shape index (κ1) is 29.6. The van der Waals surface area contributed by atoms with Gasteiger partial charge in [0.15, 0.2) is 0 Å². The van der Waals surface area contributed by atoms with E-state index in [0.717, 1.165) is 27.6 Å². The molecule has 2 amide bonds. The third-order valence-corrected chi connectivity index (χ3v) is 7.86. The molecule has 0 fully saturated rings. The van der Waals surface area contributed by atoms with Crippen LogP contribution in [0.1, 0.15) is 31.9 Å². The largest absolute Gasteiger partial charge is 0.494 e. The number of sulfonamides is 1. The Morgan fingerprint density at radius 3 is 2.26 bits per heavy atom. The molecule has 0 bridgehead atoms. The number of hydrogen-bond donors (Lipinski definition) is 1. The van der Waals surface area contributed by atoms with Gasteiger partial charge in [-0.25, -0.2) is 12.8 Å². The first-order valence-corrected chi connectivity index (χ1v) is 14.1. The van der Waals surface area contributed by atoms with Crippen LogP contribution in [0, 0.1) is 12.7 Å². The number of amides is 2. The van der Waals surface area contributed by atoms with Gasteiger partial charge in [0.25, 0.3) is 10.0 Å². The highest BCUT2D eigenvalue weighted by Crippen LogP contribution is 2.26. The number of likely N-dealkylation sites (N-methyl/N-ethyl adjacent to an activating group) is 1. The summed E-state index contributed by atoms with van der Waals surface area (Å²) in [7, 11) is -4.26. The lowest BCUT2D eigenvalue weighted by molar-refractivity contribution is -0.139. The maximum absolute atomic E-state index is 13.8. The van der Waals surface area contributed by atoms with Gasteiger partial charge in [0, 0.05) is 13.1 Å². The minimum Gasteiger partial charge on any atom is -0.494 e. The van der Waals surface area contributed by atoms with Gasteiger partial charge < -0.3 is 15.0 Å². The highest BCUT2D eigenvalue weighted by molar-refractivity contribution is 7.92. The number of benzene rings is 3. The molecule has 0 aliphatic carbocycles. The van der Waals surface area contributed by atoms with E-state index in [1.807, 2.05) is 38.1 Å². The van der Waals surface area contributed by atoms with Gasteiger partial charge in [0.2, 0.25) is 11.8 Å². The summed E-state index contributed by atoms with van der Waals surface area (Å²) in [6.45, 7) is 7.40. The molecule has 0 heterocycles. The number of carbonyl (C=O) groups excluding carboxylic acids is 2. The van der Waals surface area contributed by atoms with Crippen molar-refractivity contribution < 1.29 is 27.1 Å². The van der Waals surface area contributed by atoms with Crippen molar-refractivity contribution in [3.8, 4) is 5.75 Å². The van der Waals surface area contributed by atoms with Crippen LogP contribution in [-0.4, -0.2) is 50.9 Å². The number of aryl methyl sites for hydroxylation is 1. The fourth-order valence-electron chi connectivity index (χ4n) is 4.05. The Hall–Kier alpha value is -3.92. The van der Waals surface area contributed by atoms with Gasteiger partial charge in [-0.3, -0.25) is 13.9 Å². The molecular weight excluding hydrogens is 521 g/mol. The molecule has 208 valence electrons.